The Morgan fingerprint density at radius 3 is 2.27 bits per heavy atom. The highest BCUT2D eigenvalue weighted by Gasteiger charge is 2.42. The third-order valence-electron chi connectivity index (χ3n) is 5.84. The van der Waals surface area contributed by atoms with Gasteiger partial charge in [-0.2, -0.15) is 0 Å². The van der Waals surface area contributed by atoms with E-state index < -0.39 is 0 Å². The van der Waals surface area contributed by atoms with Crippen molar-refractivity contribution in [2.75, 3.05) is 37.0 Å². The molecule has 0 atom stereocenters. The predicted molar refractivity (Wildman–Crippen MR) is 132 cm³/mol. The molecule has 1 aliphatic rings. The van der Waals surface area contributed by atoms with Gasteiger partial charge in [-0.25, -0.2) is 4.90 Å². The first-order chi connectivity index (χ1) is 16.0. The maximum absolute atomic E-state index is 13.8. The van der Waals surface area contributed by atoms with E-state index in [0.29, 0.717) is 30.0 Å². The molecule has 0 bridgehead atoms. The van der Waals surface area contributed by atoms with E-state index in [1.165, 1.54) is 4.90 Å². The summed E-state index contributed by atoms with van der Waals surface area (Å²) in [5.74, 6) is -0.578. The van der Waals surface area contributed by atoms with Gasteiger partial charge in [0.25, 0.3) is 11.8 Å². The summed E-state index contributed by atoms with van der Waals surface area (Å²) >= 11 is 0. The maximum atomic E-state index is 13.8. The largest absolute Gasteiger partial charge is 0.378 e. The topological polar surface area (TPSA) is 56.8 Å². The first-order valence-corrected chi connectivity index (χ1v) is 11.1. The molecular weight excluding hydrogens is 412 g/mol. The molecule has 6 nitrogen and oxygen atoms in total. The Kier molecular flexibility index (Phi) is 6.54. The molecule has 0 radical (unpaired) electrons. The summed E-state index contributed by atoms with van der Waals surface area (Å²) in [5.41, 5.74) is 4.29. The van der Waals surface area contributed by atoms with Gasteiger partial charge in [0.2, 0.25) is 0 Å². The molecule has 0 saturated heterocycles. The van der Waals surface area contributed by atoms with Crippen LogP contribution in [0.25, 0.3) is 5.57 Å². The van der Waals surface area contributed by atoms with Gasteiger partial charge in [0.05, 0.1) is 11.3 Å². The Balaban J connectivity index is 1.75. The van der Waals surface area contributed by atoms with Crippen molar-refractivity contribution < 1.29 is 9.59 Å². The summed E-state index contributed by atoms with van der Waals surface area (Å²) in [6.07, 6.45) is 4.29. The summed E-state index contributed by atoms with van der Waals surface area (Å²) in [5, 5.41) is 0. The Hall–Kier alpha value is -3.93. The molecule has 1 aromatic heterocycles. The number of likely N-dealkylation sites (N-methyl/N-ethyl adjacent to an activating group) is 1. The van der Waals surface area contributed by atoms with Crippen molar-refractivity contribution in [3.05, 3.63) is 95.9 Å². The highest BCUT2D eigenvalue weighted by Crippen LogP contribution is 2.35. The molecule has 3 aromatic rings. The number of rotatable bonds is 8. The fourth-order valence-electron chi connectivity index (χ4n) is 4.06. The number of carbonyl (C=O) groups is 2. The lowest BCUT2D eigenvalue weighted by Crippen LogP contribution is -2.36. The third-order valence-corrected chi connectivity index (χ3v) is 5.84. The zero-order valence-electron chi connectivity index (χ0n) is 19.2. The van der Waals surface area contributed by atoms with Crippen LogP contribution in [-0.2, 0) is 16.0 Å². The van der Waals surface area contributed by atoms with E-state index in [1.807, 2.05) is 97.5 Å². The van der Waals surface area contributed by atoms with Crippen molar-refractivity contribution in [3.63, 3.8) is 0 Å². The van der Waals surface area contributed by atoms with Crippen LogP contribution < -0.4 is 9.80 Å². The molecule has 2 aromatic carbocycles. The number of carbonyl (C=O) groups excluding carboxylic acids is 2. The Morgan fingerprint density at radius 2 is 1.61 bits per heavy atom. The van der Waals surface area contributed by atoms with Crippen LogP contribution in [0.1, 0.15) is 18.1 Å². The average Bonchev–Trinajstić information content (AvgIpc) is 3.10. The van der Waals surface area contributed by atoms with Crippen molar-refractivity contribution in [1.82, 2.24) is 9.88 Å². The molecule has 0 spiro atoms. The van der Waals surface area contributed by atoms with Crippen LogP contribution in [0.2, 0.25) is 0 Å². The zero-order chi connectivity index (χ0) is 23.4. The molecule has 0 fully saturated rings. The van der Waals surface area contributed by atoms with Crippen molar-refractivity contribution in [1.29, 1.82) is 0 Å². The van der Waals surface area contributed by atoms with Gasteiger partial charge in [-0.15, -0.1) is 0 Å². The van der Waals surface area contributed by atoms with Crippen molar-refractivity contribution in [2.24, 2.45) is 0 Å². The van der Waals surface area contributed by atoms with E-state index in [4.69, 9.17) is 0 Å². The van der Waals surface area contributed by atoms with Gasteiger partial charge in [0, 0.05) is 45.3 Å². The lowest BCUT2D eigenvalue weighted by Gasteiger charge is -2.25. The molecule has 0 unspecified atom stereocenters. The molecule has 4 rings (SSSR count). The normalized spacial score (nSPS) is 13.6. The molecule has 0 aliphatic carbocycles. The lowest BCUT2D eigenvalue weighted by molar-refractivity contribution is -0.120. The Morgan fingerprint density at radius 1 is 0.879 bits per heavy atom. The second-order valence-electron chi connectivity index (χ2n) is 8.13. The van der Waals surface area contributed by atoms with E-state index in [0.717, 1.165) is 23.2 Å². The number of hydrogen-bond acceptors (Lipinski definition) is 5. The number of pyridine rings is 1. The zero-order valence-corrected chi connectivity index (χ0v) is 19.2. The average molecular weight is 441 g/mol. The summed E-state index contributed by atoms with van der Waals surface area (Å²) < 4.78 is 0. The molecule has 2 heterocycles. The molecule has 1 aliphatic heterocycles. The van der Waals surface area contributed by atoms with E-state index in [9.17, 15) is 9.59 Å². The van der Waals surface area contributed by atoms with E-state index >= 15 is 0 Å². The van der Waals surface area contributed by atoms with Crippen LogP contribution in [0.4, 0.5) is 11.4 Å². The highest BCUT2D eigenvalue weighted by atomic mass is 16.2. The van der Waals surface area contributed by atoms with Crippen LogP contribution in [0.15, 0.2) is 84.8 Å². The van der Waals surface area contributed by atoms with E-state index in [2.05, 4.69) is 4.98 Å². The molecule has 168 valence electrons. The summed E-state index contributed by atoms with van der Waals surface area (Å²) in [6.45, 7) is 3.24. The Bertz CT molecular complexity index is 1170. The predicted octanol–water partition coefficient (Wildman–Crippen LogP) is 4.00. The van der Waals surface area contributed by atoms with Crippen LogP contribution in [0.5, 0.6) is 0 Å². The fraction of sp³-hybridized carbons (Fsp3) is 0.222. The smallest absolute Gasteiger partial charge is 0.282 e. The van der Waals surface area contributed by atoms with Crippen molar-refractivity contribution in [3.8, 4) is 0 Å². The van der Waals surface area contributed by atoms with Gasteiger partial charge in [0.1, 0.15) is 5.70 Å². The standard InChI is InChI=1S/C27H28N4O2/c1-4-30(18-15-20-13-16-28-17-14-20)25-24(21-9-6-5-7-10-21)26(32)31(27(25)33)23-12-8-11-22(19-23)29(2)3/h5-14,16-17,19H,4,15,18H2,1-3H3. The Labute approximate surface area is 194 Å². The van der Waals surface area contributed by atoms with Gasteiger partial charge in [-0.1, -0.05) is 36.4 Å². The first kappa shape index (κ1) is 22.3. The molecular formula is C27H28N4O2. The van der Waals surface area contributed by atoms with Gasteiger partial charge in [0.15, 0.2) is 0 Å². The number of benzene rings is 2. The van der Waals surface area contributed by atoms with Crippen LogP contribution in [-0.4, -0.2) is 48.9 Å². The minimum absolute atomic E-state index is 0.286. The van der Waals surface area contributed by atoms with E-state index in [1.54, 1.807) is 12.4 Å². The summed E-state index contributed by atoms with van der Waals surface area (Å²) in [4.78, 5) is 36.8. The molecule has 6 heteroatoms. The number of amides is 2. The van der Waals surface area contributed by atoms with Crippen molar-refractivity contribution >= 4 is 28.8 Å². The third kappa shape index (κ3) is 4.51. The maximum Gasteiger partial charge on any atom is 0.282 e. The highest BCUT2D eigenvalue weighted by molar-refractivity contribution is 6.45. The molecule has 2 amide bonds. The van der Waals surface area contributed by atoms with E-state index in [-0.39, 0.29) is 11.8 Å². The lowest BCUT2D eigenvalue weighted by atomic mass is 10.0. The van der Waals surface area contributed by atoms with Gasteiger partial charge >= 0.3 is 0 Å². The number of nitrogens with zero attached hydrogens (tertiary/aromatic N) is 4. The minimum Gasteiger partial charge on any atom is -0.378 e. The summed E-state index contributed by atoms with van der Waals surface area (Å²) in [7, 11) is 3.87. The number of imide groups is 1. The summed E-state index contributed by atoms with van der Waals surface area (Å²) in [6, 6.07) is 20.9. The quantitative estimate of drug-likeness (QED) is 0.496. The second kappa shape index (κ2) is 9.69. The molecule has 0 saturated carbocycles. The monoisotopic (exact) mass is 440 g/mol. The first-order valence-electron chi connectivity index (χ1n) is 11.1. The number of hydrogen-bond donors (Lipinski definition) is 0. The minimum atomic E-state index is -0.292. The fourth-order valence-corrected chi connectivity index (χ4v) is 4.06. The van der Waals surface area contributed by atoms with Gasteiger partial charge in [-0.05, 0) is 54.8 Å². The molecule has 0 N–H and O–H groups in total. The van der Waals surface area contributed by atoms with Crippen LogP contribution in [0, 0.1) is 0 Å². The van der Waals surface area contributed by atoms with Gasteiger partial charge in [-0.3, -0.25) is 14.6 Å². The van der Waals surface area contributed by atoms with Gasteiger partial charge < -0.3 is 9.80 Å². The van der Waals surface area contributed by atoms with Crippen LogP contribution in [0.3, 0.4) is 0 Å². The van der Waals surface area contributed by atoms with Crippen molar-refractivity contribution in [2.45, 2.75) is 13.3 Å². The number of aromatic nitrogens is 1. The number of anilines is 2. The second-order valence-corrected chi connectivity index (χ2v) is 8.13. The van der Waals surface area contributed by atoms with Crippen LogP contribution >= 0.6 is 0 Å². The molecule has 33 heavy (non-hydrogen) atoms. The SMILES string of the molecule is CCN(CCc1ccncc1)C1=C(c2ccccc2)C(=O)N(c2cccc(N(C)C)c2)C1=O.